The van der Waals surface area contributed by atoms with Crippen LogP contribution in [0.15, 0.2) is 0 Å². The molecule has 9 unspecified atom stereocenters. The molecule has 10 atom stereocenters. The molecular formula is C18H26I2N2O2-2. The molecule has 4 nitrogen and oxygen atoms in total. The molecule has 6 heteroatoms. The Labute approximate surface area is 165 Å². The zero-order valence-corrected chi connectivity index (χ0v) is 18.5. The van der Waals surface area contributed by atoms with Crippen LogP contribution in [0.1, 0.15) is 46.0 Å². The van der Waals surface area contributed by atoms with E-state index in [1.807, 2.05) is 0 Å². The molecule has 24 heavy (non-hydrogen) atoms. The molecule has 2 N–H and O–H groups in total. The van der Waals surface area contributed by atoms with Crippen LogP contribution >= 0.6 is 0 Å². The number of esters is 1. The molecule has 2 aliphatic heterocycles. The fraction of sp³-hybridized carbons (Fsp3) is 0.944. The topological polar surface area (TPSA) is 70.2 Å². The molecular weight excluding hydrogens is 530 g/mol. The molecule has 136 valence electrons. The van der Waals surface area contributed by atoms with E-state index in [2.05, 4.69) is 20.9 Å². The number of halogens is 2. The van der Waals surface area contributed by atoms with Gasteiger partial charge in [0.25, 0.3) is 0 Å². The summed E-state index contributed by atoms with van der Waals surface area (Å²) in [6.45, 7) is 4.78. The van der Waals surface area contributed by atoms with E-state index in [1.165, 1.54) is 25.7 Å². The van der Waals surface area contributed by atoms with Crippen LogP contribution in [0.2, 0.25) is 0 Å². The standard InChI is InChI=1S/C18H26I2N2O2/c1-3-17(24-16(23)18(20-22-18)15-19-21-15)7-9-6-12(17)14-11-5-4-10(8(11)2)13(9)14/h8-15,21-22H,3-7H2,1-2H3/q-2/t8-,9?,10?,11?,12?,13?,14?,15?,17?,18?/m0/s1. The first-order valence-electron chi connectivity index (χ1n) is 9.63. The van der Waals surface area contributed by atoms with E-state index in [9.17, 15) is 4.79 Å². The second kappa shape index (κ2) is 5.01. The van der Waals surface area contributed by atoms with Crippen LogP contribution in [0.4, 0.5) is 0 Å². The van der Waals surface area contributed by atoms with Crippen molar-refractivity contribution in [2.75, 3.05) is 0 Å². The van der Waals surface area contributed by atoms with Crippen molar-refractivity contribution in [2.45, 2.75) is 59.1 Å². The minimum absolute atomic E-state index is 0.0605. The number of nitrogens with one attached hydrogen (secondary N) is 2. The summed E-state index contributed by atoms with van der Waals surface area (Å²) >= 11 is -0.112. The van der Waals surface area contributed by atoms with Crippen LogP contribution in [0, 0.1) is 41.4 Å². The minimum atomic E-state index is -0.225. The SMILES string of the molecule is CCC1(OC(=O)C2(C3N[I-]3)N[I-]2)CC2CC1C1C2C2CCC1[C@H]2C. The first kappa shape index (κ1) is 15.9. The first-order valence-corrected chi connectivity index (χ1v) is 14.1. The number of carbonyl (C=O) groups excluding carboxylic acids is 1. The fourth-order valence-electron chi connectivity index (χ4n) is 7.50. The van der Waals surface area contributed by atoms with Crippen molar-refractivity contribution in [2.24, 2.45) is 41.4 Å². The van der Waals surface area contributed by atoms with E-state index in [-0.39, 0.29) is 58.1 Å². The van der Waals surface area contributed by atoms with Gasteiger partial charge in [-0.3, -0.25) is 0 Å². The summed E-state index contributed by atoms with van der Waals surface area (Å²) in [4.78, 5) is 13.0. The van der Waals surface area contributed by atoms with Crippen molar-refractivity contribution in [3.05, 3.63) is 0 Å². The molecule has 0 aromatic heterocycles. The maximum absolute atomic E-state index is 13.0. The van der Waals surface area contributed by atoms with E-state index in [0.717, 1.165) is 41.9 Å². The summed E-state index contributed by atoms with van der Waals surface area (Å²) in [5.74, 6) is 6.31. The Bertz CT molecular complexity index is 608. The molecule has 6 aliphatic rings. The van der Waals surface area contributed by atoms with Crippen LogP contribution in [0.3, 0.4) is 0 Å². The molecule has 0 aromatic rings. The van der Waals surface area contributed by atoms with Gasteiger partial charge in [0.05, 0.1) is 0 Å². The quantitative estimate of drug-likeness (QED) is 0.0703. The van der Waals surface area contributed by atoms with Gasteiger partial charge in [0.1, 0.15) is 0 Å². The summed E-state index contributed by atoms with van der Waals surface area (Å²) in [5.41, 5.74) is -0.124. The predicted octanol–water partition coefficient (Wildman–Crippen LogP) is -4.14. The first-order chi connectivity index (χ1) is 11.6. The molecule has 6 fully saturated rings. The van der Waals surface area contributed by atoms with Gasteiger partial charge in [-0.25, -0.2) is 0 Å². The molecule has 0 aromatic carbocycles. The van der Waals surface area contributed by atoms with Gasteiger partial charge in [0.2, 0.25) is 0 Å². The molecule has 2 heterocycles. The predicted molar refractivity (Wildman–Crippen MR) is 80.5 cm³/mol. The van der Waals surface area contributed by atoms with Crippen LogP contribution in [-0.4, -0.2) is 19.2 Å². The molecule has 4 aliphatic carbocycles. The van der Waals surface area contributed by atoms with Gasteiger partial charge in [0, 0.05) is 0 Å². The van der Waals surface area contributed by atoms with Crippen LogP contribution in [0.25, 0.3) is 0 Å². The van der Waals surface area contributed by atoms with Crippen molar-refractivity contribution >= 4 is 5.97 Å². The maximum atomic E-state index is 13.0. The Kier molecular flexibility index (Phi) is 3.31. The second-order valence-electron chi connectivity index (χ2n) is 9.01. The summed E-state index contributed by atoms with van der Waals surface area (Å²) in [5, 5.41) is 0. The van der Waals surface area contributed by atoms with Crippen molar-refractivity contribution in [3.63, 3.8) is 0 Å². The van der Waals surface area contributed by atoms with Gasteiger partial charge in [0.15, 0.2) is 0 Å². The Hall–Kier alpha value is 0.850. The number of ether oxygens (including phenoxy) is 1. The zero-order valence-electron chi connectivity index (χ0n) is 14.2. The molecule has 0 radical (unpaired) electrons. The van der Waals surface area contributed by atoms with Gasteiger partial charge in [-0.15, -0.1) is 0 Å². The average Bonchev–Trinajstić information content (AvgIpc) is 3.47. The third-order valence-corrected chi connectivity index (χ3v) is 14.7. The van der Waals surface area contributed by atoms with Crippen LogP contribution in [0.5, 0.6) is 0 Å². The molecule has 4 saturated carbocycles. The number of hydrogen-bond acceptors (Lipinski definition) is 4. The number of hydrogen-bond donors (Lipinski definition) is 2. The average molecular weight is 556 g/mol. The van der Waals surface area contributed by atoms with E-state index in [4.69, 9.17) is 4.74 Å². The third kappa shape index (κ3) is 1.85. The van der Waals surface area contributed by atoms with Gasteiger partial charge < -0.3 is 0 Å². The summed E-state index contributed by atoms with van der Waals surface area (Å²) in [6, 6.07) is 0. The van der Waals surface area contributed by atoms with E-state index in [0.29, 0.717) is 9.97 Å². The third-order valence-electron chi connectivity index (χ3n) is 8.52. The van der Waals surface area contributed by atoms with Gasteiger partial charge in [-0.2, -0.15) is 0 Å². The fourth-order valence-corrected chi connectivity index (χ4v) is 13.3. The summed E-state index contributed by atoms with van der Waals surface area (Å²) in [6.07, 6.45) is 6.45. The van der Waals surface area contributed by atoms with E-state index >= 15 is 0 Å². The molecule has 6 rings (SSSR count). The normalized spacial score (nSPS) is 62.6. The number of alkyl halides is 2. The van der Waals surface area contributed by atoms with Crippen molar-refractivity contribution in [1.29, 1.82) is 0 Å². The Balaban J connectivity index is 1.28. The van der Waals surface area contributed by atoms with Crippen molar-refractivity contribution in [3.8, 4) is 0 Å². The van der Waals surface area contributed by atoms with E-state index in [1.54, 1.807) is 0 Å². The number of carbonyl (C=O) groups is 1. The molecule has 4 bridgehead atoms. The van der Waals surface area contributed by atoms with Crippen LogP contribution < -0.4 is 50.0 Å². The van der Waals surface area contributed by atoms with Gasteiger partial charge >= 0.3 is 166 Å². The Morgan fingerprint density at radius 1 is 1.29 bits per heavy atom. The zero-order chi connectivity index (χ0) is 16.3. The van der Waals surface area contributed by atoms with Gasteiger partial charge in [-0.1, -0.05) is 0 Å². The number of fused-ring (bicyclic) bond motifs is 9. The van der Waals surface area contributed by atoms with Crippen LogP contribution in [-0.2, 0) is 9.53 Å². The molecule has 0 amide bonds. The number of rotatable bonds is 4. The second-order valence-corrected chi connectivity index (χ2v) is 14.3. The summed E-state index contributed by atoms with van der Waals surface area (Å²) in [7, 11) is 0. The molecule has 0 spiro atoms. The Morgan fingerprint density at radius 2 is 2.00 bits per heavy atom. The monoisotopic (exact) mass is 556 g/mol. The van der Waals surface area contributed by atoms with Crippen molar-refractivity contribution in [1.82, 2.24) is 7.06 Å². The summed E-state index contributed by atoms with van der Waals surface area (Å²) < 4.78 is 13.6. The molecule has 2 saturated heterocycles. The Morgan fingerprint density at radius 3 is 2.62 bits per heavy atom. The van der Waals surface area contributed by atoms with E-state index < -0.39 is 0 Å². The van der Waals surface area contributed by atoms with Gasteiger partial charge in [-0.05, 0) is 0 Å². The van der Waals surface area contributed by atoms with Crippen molar-refractivity contribution < 1.29 is 52.5 Å².